The van der Waals surface area contributed by atoms with Gasteiger partial charge in [0, 0.05) is 10.9 Å². The highest BCUT2D eigenvalue weighted by Crippen LogP contribution is 2.14. The Bertz CT molecular complexity index is 705. The quantitative estimate of drug-likeness (QED) is 0.589. The van der Waals surface area contributed by atoms with Crippen LogP contribution >= 0.6 is 0 Å². The summed E-state index contributed by atoms with van der Waals surface area (Å²) in [4.78, 5) is 38.0. The lowest BCUT2D eigenvalue weighted by atomic mass is 10.1. The van der Waals surface area contributed by atoms with Crippen molar-refractivity contribution in [1.82, 2.24) is 15.6 Å². The van der Waals surface area contributed by atoms with Crippen LogP contribution in [-0.4, -0.2) is 40.5 Å². The SMILES string of the molecule is CCCCC(NC(=O)CNC(=O)c1cc2ccccc2[nH]1)C(=O)O. The standard InChI is InChI=1S/C17H21N3O4/c1-2-3-7-13(17(23)24)20-15(21)10-18-16(22)14-9-11-6-4-5-8-12(11)19-14/h4-6,8-9,13,19H,2-3,7,10H2,1H3,(H,18,22)(H,20,21)(H,23,24). The number of benzene rings is 1. The first kappa shape index (κ1) is 17.5. The van der Waals surface area contributed by atoms with E-state index < -0.39 is 23.8 Å². The third kappa shape index (κ3) is 4.58. The molecule has 1 aromatic carbocycles. The Morgan fingerprint density at radius 3 is 2.67 bits per heavy atom. The zero-order valence-electron chi connectivity index (χ0n) is 13.5. The number of carboxylic acids is 1. The van der Waals surface area contributed by atoms with Crippen LogP contribution in [0, 0.1) is 0 Å². The van der Waals surface area contributed by atoms with E-state index in [4.69, 9.17) is 5.11 Å². The maximum Gasteiger partial charge on any atom is 0.326 e. The molecule has 1 heterocycles. The molecule has 128 valence electrons. The second-order valence-corrected chi connectivity index (χ2v) is 5.55. The molecule has 1 atom stereocenters. The molecule has 1 unspecified atom stereocenters. The van der Waals surface area contributed by atoms with Gasteiger partial charge in [0.2, 0.25) is 5.91 Å². The monoisotopic (exact) mass is 331 g/mol. The first-order chi connectivity index (χ1) is 11.5. The molecule has 0 radical (unpaired) electrons. The van der Waals surface area contributed by atoms with Crippen LogP contribution in [0.1, 0.15) is 36.7 Å². The van der Waals surface area contributed by atoms with Crippen LogP contribution in [0.5, 0.6) is 0 Å². The zero-order valence-corrected chi connectivity index (χ0v) is 13.5. The first-order valence-corrected chi connectivity index (χ1v) is 7.89. The molecule has 1 aromatic heterocycles. The van der Waals surface area contributed by atoms with E-state index in [1.165, 1.54) is 0 Å². The number of unbranched alkanes of at least 4 members (excludes halogenated alkanes) is 1. The maximum atomic E-state index is 12.1. The number of carboxylic acid groups (broad SMARTS) is 1. The van der Waals surface area contributed by atoms with E-state index in [1.54, 1.807) is 6.07 Å². The fraction of sp³-hybridized carbons (Fsp3) is 0.353. The molecule has 0 spiro atoms. The minimum atomic E-state index is -1.07. The van der Waals surface area contributed by atoms with E-state index >= 15 is 0 Å². The summed E-state index contributed by atoms with van der Waals surface area (Å²) in [6.07, 6.45) is 1.92. The van der Waals surface area contributed by atoms with Crippen molar-refractivity contribution < 1.29 is 19.5 Å². The van der Waals surface area contributed by atoms with E-state index in [-0.39, 0.29) is 6.54 Å². The lowest BCUT2D eigenvalue weighted by Crippen LogP contribution is -2.45. The van der Waals surface area contributed by atoms with Gasteiger partial charge in [0.1, 0.15) is 11.7 Å². The number of aromatic nitrogens is 1. The molecule has 2 rings (SSSR count). The number of hydrogen-bond donors (Lipinski definition) is 4. The first-order valence-electron chi connectivity index (χ1n) is 7.89. The topological polar surface area (TPSA) is 111 Å². The van der Waals surface area contributed by atoms with E-state index in [9.17, 15) is 14.4 Å². The third-order valence-electron chi connectivity index (χ3n) is 3.66. The lowest BCUT2D eigenvalue weighted by molar-refractivity contribution is -0.141. The molecule has 7 heteroatoms. The number of aliphatic carboxylic acids is 1. The summed E-state index contributed by atoms with van der Waals surface area (Å²) < 4.78 is 0. The number of nitrogens with one attached hydrogen (secondary N) is 3. The molecule has 0 aliphatic carbocycles. The van der Waals surface area contributed by atoms with Crippen molar-refractivity contribution in [3.63, 3.8) is 0 Å². The van der Waals surface area contributed by atoms with E-state index in [0.29, 0.717) is 18.5 Å². The number of rotatable bonds is 8. The van der Waals surface area contributed by atoms with Crippen LogP contribution in [0.25, 0.3) is 10.9 Å². The van der Waals surface area contributed by atoms with Gasteiger partial charge < -0.3 is 20.7 Å². The Morgan fingerprint density at radius 2 is 2.00 bits per heavy atom. The van der Waals surface area contributed by atoms with Gasteiger partial charge in [-0.2, -0.15) is 0 Å². The van der Waals surface area contributed by atoms with Crippen molar-refractivity contribution in [3.05, 3.63) is 36.0 Å². The number of fused-ring (bicyclic) bond motifs is 1. The Kier molecular flexibility index (Phi) is 5.95. The van der Waals surface area contributed by atoms with Crippen molar-refractivity contribution in [1.29, 1.82) is 0 Å². The van der Waals surface area contributed by atoms with Crippen LogP contribution in [0.2, 0.25) is 0 Å². The van der Waals surface area contributed by atoms with Crippen molar-refractivity contribution in [2.75, 3.05) is 6.54 Å². The van der Waals surface area contributed by atoms with Crippen molar-refractivity contribution in [3.8, 4) is 0 Å². The predicted molar refractivity (Wildman–Crippen MR) is 89.7 cm³/mol. The van der Waals surface area contributed by atoms with E-state index in [1.807, 2.05) is 31.2 Å². The summed E-state index contributed by atoms with van der Waals surface area (Å²) in [7, 11) is 0. The normalized spacial score (nSPS) is 11.9. The fourth-order valence-electron chi connectivity index (χ4n) is 2.36. The number of amides is 2. The highest BCUT2D eigenvalue weighted by Gasteiger charge is 2.19. The fourth-order valence-corrected chi connectivity index (χ4v) is 2.36. The van der Waals surface area contributed by atoms with E-state index in [2.05, 4.69) is 15.6 Å². The number of H-pyrrole nitrogens is 1. The van der Waals surface area contributed by atoms with Crippen molar-refractivity contribution >= 4 is 28.7 Å². The molecule has 2 aromatic rings. The molecule has 24 heavy (non-hydrogen) atoms. The van der Waals surface area contributed by atoms with Gasteiger partial charge in [-0.05, 0) is 18.6 Å². The predicted octanol–water partition coefficient (Wildman–Crippen LogP) is 1.66. The summed E-state index contributed by atoms with van der Waals surface area (Å²) in [6.45, 7) is 1.67. The summed E-state index contributed by atoms with van der Waals surface area (Å²) in [6, 6.07) is 8.22. The second-order valence-electron chi connectivity index (χ2n) is 5.55. The Hall–Kier alpha value is -2.83. The van der Waals surface area contributed by atoms with Gasteiger partial charge in [0.15, 0.2) is 0 Å². The van der Waals surface area contributed by atoms with Gasteiger partial charge >= 0.3 is 5.97 Å². The summed E-state index contributed by atoms with van der Waals surface area (Å²) >= 11 is 0. The number of hydrogen-bond acceptors (Lipinski definition) is 3. The summed E-state index contributed by atoms with van der Waals surface area (Å²) in [5.41, 5.74) is 1.18. The van der Waals surface area contributed by atoms with Crippen LogP contribution in [-0.2, 0) is 9.59 Å². The molecule has 0 aliphatic rings. The zero-order chi connectivity index (χ0) is 17.5. The van der Waals surface area contributed by atoms with Crippen LogP contribution in [0.15, 0.2) is 30.3 Å². The minimum absolute atomic E-state index is 0.274. The Balaban J connectivity index is 1.88. The number of carbonyl (C=O) groups is 3. The average Bonchev–Trinajstić information content (AvgIpc) is 3.00. The third-order valence-corrected chi connectivity index (χ3v) is 3.66. The largest absolute Gasteiger partial charge is 0.480 e. The number of aromatic amines is 1. The van der Waals surface area contributed by atoms with Gasteiger partial charge in [-0.1, -0.05) is 38.0 Å². The number of carbonyl (C=O) groups excluding carboxylic acids is 2. The molecule has 0 saturated carbocycles. The van der Waals surface area contributed by atoms with Crippen molar-refractivity contribution in [2.45, 2.75) is 32.2 Å². The molecule has 7 nitrogen and oxygen atoms in total. The Labute approximate surface area is 139 Å². The molecular weight excluding hydrogens is 310 g/mol. The highest BCUT2D eigenvalue weighted by molar-refractivity contribution is 5.99. The molecule has 2 amide bonds. The highest BCUT2D eigenvalue weighted by atomic mass is 16.4. The summed E-state index contributed by atoms with van der Waals surface area (Å²) in [5.74, 6) is -2.01. The van der Waals surface area contributed by atoms with Crippen LogP contribution in [0.3, 0.4) is 0 Å². The molecular formula is C17H21N3O4. The summed E-state index contributed by atoms with van der Waals surface area (Å²) in [5, 5.41) is 14.9. The molecule has 0 fully saturated rings. The second kappa shape index (κ2) is 8.14. The van der Waals surface area contributed by atoms with Crippen LogP contribution < -0.4 is 10.6 Å². The van der Waals surface area contributed by atoms with Crippen molar-refractivity contribution in [2.24, 2.45) is 0 Å². The molecule has 0 saturated heterocycles. The number of para-hydroxylation sites is 1. The maximum absolute atomic E-state index is 12.1. The molecule has 0 aliphatic heterocycles. The lowest BCUT2D eigenvalue weighted by Gasteiger charge is -2.14. The smallest absolute Gasteiger partial charge is 0.326 e. The average molecular weight is 331 g/mol. The molecule has 0 bridgehead atoms. The van der Waals surface area contributed by atoms with Crippen LogP contribution in [0.4, 0.5) is 0 Å². The molecule has 4 N–H and O–H groups in total. The van der Waals surface area contributed by atoms with Gasteiger partial charge in [-0.3, -0.25) is 9.59 Å². The van der Waals surface area contributed by atoms with Gasteiger partial charge in [-0.25, -0.2) is 4.79 Å². The van der Waals surface area contributed by atoms with E-state index in [0.717, 1.165) is 17.3 Å². The van der Waals surface area contributed by atoms with Gasteiger partial charge in [-0.15, -0.1) is 0 Å². The minimum Gasteiger partial charge on any atom is -0.480 e. The Morgan fingerprint density at radius 1 is 1.25 bits per heavy atom. The van der Waals surface area contributed by atoms with Gasteiger partial charge in [0.25, 0.3) is 5.91 Å². The van der Waals surface area contributed by atoms with Gasteiger partial charge in [0.05, 0.1) is 6.54 Å².